The number of rotatable bonds is 4. The Balaban J connectivity index is 1.34. The number of nitrogens with zero attached hydrogens (tertiary/aromatic N) is 2. The number of para-hydroxylation sites is 1. The van der Waals surface area contributed by atoms with Crippen molar-refractivity contribution < 1.29 is 19.2 Å². The first-order valence-electron chi connectivity index (χ1n) is 9.30. The maximum Gasteiger partial charge on any atom is 0.337 e. The molecule has 2 aromatic carbocycles. The molecule has 144 valence electrons. The molecule has 1 aliphatic heterocycles. The number of hydrogen-bond donors (Lipinski definition) is 1. The first-order valence-corrected chi connectivity index (χ1v) is 10.1. The number of amides is 1. The Bertz CT molecular complexity index is 959. The third-order valence-corrected chi connectivity index (χ3v) is 6.09. The Kier molecular flexibility index (Phi) is 5.36. The van der Waals surface area contributed by atoms with Gasteiger partial charge in [0, 0.05) is 5.56 Å². The number of fused-ring (bicyclic) bond motifs is 1. The second kappa shape index (κ2) is 8.08. The highest BCUT2D eigenvalue weighted by molar-refractivity contribution is 7.18. The SMILES string of the molecule is COC(=O)c1ccc(C(=O)N2CC[NH+](Cc3nc4ccccc4s3)CC2)cc1. The first kappa shape index (κ1) is 18.6. The molecule has 1 N–H and O–H groups in total. The molecule has 0 spiro atoms. The molecule has 1 aromatic heterocycles. The largest absolute Gasteiger partial charge is 0.465 e. The molecule has 4 rings (SSSR count). The summed E-state index contributed by atoms with van der Waals surface area (Å²) in [6.07, 6.45) is 0. The summed E-state index contributed by atoms with van der Waals surface area (Å²) in [6, 6.07) is 14.9. The van der Waals surface area contributed by atoms with Crippen LogP contribution in [-0.4, -0.2) is 55.0 Å². The fourth-order valence-corrected chi connectivity index (χ4v) is 4.50. The molecule has 1 amide bonds. The summed E-state index contributed by atoms with van der Waals surface area (Å²) in [6.45, 7) is 4.15. The topological polar surface area (TPSA) is 63.9 Å². The van der Waals surface area contributed by atoms with Crippen molar-refractivity contribution in [2.45, 2.75) is 6.54 Å². The summed E-state index contributed by atoms with van der Waals surface area (Å²) < 4.78 is 5.91. The normalized spacial score (nSPS) is 15.0. The summed E-state index contributed by atoms with van der Waals surface area (Å²) in [5.41, 5.74) is 2.11. The zero-order valence-electron chi connectivity index (χ0n) is 15.7. The number of methoxy groups -OCH3 is 1. The number of carbonyl (C=O) groups excluding carboxylic acids is 2. The minimum Gasteiger partial charge on any atom is -0.465 e. The maximum absolute atomic E-state index is 12.7. The van der Waals surface area contributed by atoms with Gasteiger partial charge in [-0.15, -0.1) is 11.3 Å². The van der Waals surface area contributed by atoms with E-state index < -0.39 is 5.97 Å². The molecule has 0 bridgehead atoms. The van der Waals surface area contributed by atoms with Gasteiger partial charge in [0.05, 0.1) is 49.1 Å². The molecule has 0 atom stereocenters. The van der Waals surface area contributed by atoms with Gasteiger partial charge in [-0.1, -0.05) is 12.1 Å². The van der Waals surface area contributed by atoms with E-state index in [4.69, 9.17) is 9.72 Å². The lowest BCUT2D eigenvalue weighted by Gasteiger charge is -2.31. The molecule has 1 aliphatic rings. The van der Waals surface area contributed by atoms with Crippen molar-refractivity contribution in [1.29, 1.82) is 0 Å². The number of piperazine rings is 1. The summed E-state index contributed by atoms with van der Waals surface area (Å²) in [7, 11) is 1.34. The number of thiazole rings is 1. The van der Waals surface area contributed by atoms with Gasteiger partial charge in [0.25, 0.3) is 5.91 Å². The fraction of sp³-hybridized carbons (Fsp3) is 0.286. The summed E-state index contributed by atoms with van der Waals surface area (Å²) in [5, 5.41) is 1.15. The van der Waals surface area contributed by atoms with Crippen molar-refractivity contribution in [3.8, 4) is 0 Å². The summed E-state index contributed by atoms with van der Waals surface area (Å²) in [4.78, 5) is 32.3. The van der Waals surface area contributed by atoms with Crippen LogP contribution in [0.4, 0.5) is 0 Å². The van der Waals surface area contributed by atoms with Gasteiger partial charge in [0.15, 0.2) is 0 Å². The standard InChI is InChI=1S/C21H21N3O3S/c1-27-21(26)16-8-6-15(7-9-16)20(25)24-12-10-23(11-13-24)14-19-22-17-4-2-3-5-18(17)28-19/h2-9H,10-14H2,1H3/p+1. The maximum atomic E-state index is 12.7. The van der Waals surface area contributed by atoms with Crippen LogP contribution < -0.4 is 4.90 Å². The smallest absolute Gasteiger partial charge is 0.337 e. The molecular weight excluding hydrogens is 374 g/mol. The minimum atomic E-state index is -0.397. The number of hydrogen-bond acceptors (Lipinski definition) is 5. The van der Waals surface area contributed by atoms with E-state index in [1.54, 1.807) is 35.6 Å². The van der Waals surface area contributed by atoms with Crippen LogP contribution in [0, 0.1) is 0 Å². The van der Waals surface area contributed by atoms with Crippen molar-refractivity contribution in [2.75, 3.05) is 33.3 Å². The molecular formula is C21H22N3O3S+. The number of esters is 1. The van der Waals surface area contributed by atoms with Gasteiger partial charge in [-0.05, 0) is 36.4 Å². The van der Waals surface area contributed by atoms with Crippen LogP contribution in [0.5, 0.6) is 0 Å². The lowest BCUT2D eigenvalue weighted by molar-refractivity contribution is -0.917. The number of benzene rings is 2. The average molecular weight is 396 g/mol. The molecule has 3 aromatic rings. The van der Waals surface area contributed by atoms with Crippen LogP contribution in [0.2, 0.25) is 0 Å². The Morgan fingerprint density at radius 3 is 2.43 bits per heavy atom. The molecule has 7 heteroatoms. The van der Waals surface area contributed by atoms with E-state index >= 15 is 0 Å². The number of nitrogens with one attached hydrogen (secondary N) is 1. The first-order chi connectivity index (χ1) is 13.6. The highest BCUT2D eigenvalue weighted by Crippen LogP contribution is 2.20. The summed E-state index contributed by atoms with van der Waals surface area (Å²) in [5.74, 6) is -0.387. The van der Waals surface area contributed by atoms with Gasteiger partial charge in [-0.2, -0.15) is 0 Å². The Morgan fingerprint density at radius 2 is 1.75 bits per heavy atom. The molecule has 0 aliphatic carbocycles. The Labute approximate surface area is 167 Å². The third-order valence-electron chi connectivity index (χ3n) is 5.05. The zero-order chi connectivity index (χ0) is 19.5. The third kappa shape index (κ3) is 3.90. The quantitative estimate of drug-likeness (QED) is 0.681. The highest BCUT2D eigenvalue weighted by Gasteiger charge is 2.25. The van der Waals surface area contributed by atoms with Crippen molar-refractivity contribution >= 4 is 33.4 Å². The molecule has 1 fully saturated rings. The van der Waals surface area contributed by atoms with Crippen LogP contribution in [0.25, 0.3) is 10.2 Å². The minimum absolute atomic E-state index is 0.00968. The molecule has 28 heavy (non-hydrogen) atoms. The van der Waals surface area contributed by atoms with Gasteiger partial charge in [0.1, 0.15) is 11.6 Å². The fourth-order valence-electron chi connectivity index (χ4n) is 3.46. The predicted octanol–water partition coefficient (Wildman–Crippen LogP) is 1.62. The molecule has 0 saturated carbocycles. The number of aromatic nitrogens is 1. The van der Waals surface area contributed by atoms with Crippen LogP contribution in [0.3, 0.4) is 0 Å². The zero-order valence-corrected chi connectivity index (χ0v) is 16.5. The van der Waals surface area contributed by atoms with E-state index in [-0.39, 0.29) is 5.91 Å². The number of ether oxygens (including phenoxy) is 1. The van der Waals surface area contributed by atoms with Crippen molar-refractivity contribution in [3.05, 3.63) is 64.7 Å². The monoisotopic (exact) mass is 396 g/mol. The van der Waals surface area contributed by atoms with E-state index in [0.29, 0.717) is 11.1 Å². The average Bonchev–Trinajstić information content (AvgIpc) is 3.15. The van der Waals surface area contributed by atoms with E-state index in [1.165, 1.54) is 16.7 Å². The molecule has 1 saturated heterocycles. The van der Waals surface area contributed by atoms with Crippen molar-refractivity contribution in [1.82, 2.24) is 9.88 Å². The van der Waals surface area contributed by atoms with Crippen LogP contribution in [-0.2, 0) is 11.3 Å². The van der Waals surface area contributed by atoms with Gasteiger partial charge < -0.3 is 14.5 Å². The molecule has 2 heterocycles. The molecule has 0 unspecified atom stereocenters. The lowest BCUT2D eigenvalue weighted by Crippen LogP contribution is -3.13. The van der Waals surface area contributed by atoms with Gasteiger partial charge in [-0.25, -0.2) is 9.78 Å². The molecule has 6 nitrogen and oxygen atoms in total. The number of carbonyl (C=O) groups is 2. The van der Waals surface area contributed by atoms with Crippen molar-refractivity contribution in [3.63, 3.8) is 0 Å². The highest BCUT2D eigenvalue weighted by atomic mass is 32.1. The van der Waals surface area contributed by atoms with E-state index in [9.17, 15) is 9.59 Å². The second-order valence-electron chi connectivity index (χ2n) is 6.86. The van der Waals surface area contributed by atoms with Gasteiger partial charge in [0.2, 0.25) is 0 Å². The Morgan fingerprint density at radius 1 is 1.07 bits per heavy atom. The van der Waals surface area contributed by atoms with Crippen LogP contribution in [0.15, 0.2) is 48.5 Å². The van der Waals surface area contributed by atoms with Crippen LogP contribution in [0.1, 0.15) is 25.7 Å². The lowest BCUT2D eigenvalue weighted by atomic mass is 10.1. The second-order valence-corrected chi connectivity index (χ2v) is 7.98. The predicted molar refractivity (Wildman–Crippen MR) is 108 cm³/mol. The van der Waals surface area contributed by atoms with Gasteiger partial charge >= 0.3 is 5.97 Å². The molecule has 0 radical (unpaired) electrons. The Hall–Kier alpha value is -2.77. The van der Waals surface area contributed by atoms with Crippen molar-refractivity contribution in [2.24, 2.45) is 0 Å². The van der Waals surface area contributed by atoms with E-state index in [1.807, 2.05) is 23.1 Å². The van der Waals surface area contributed by atoms with E-state index in [2.05, 4.69) is 6.07 Å². The van der Waals surface area contributed by atoms with Crippen LogP contribution >= 0.6 is 11.3 Å². The van der Waals surface area contributed by atoms with E-state index in [0.717, 1.165) is 43.2 Å². The van der Waals surface area contributed by atoms with Gasteiger partial charge in [-0.3, -0.25) is 4.79 Å². The summed E-state index contributed by atoms with van der Waals surface area (Å²) >= 11 is 1.75. The number of quaternary nitrogens is 1.